The predicted octanol–water partition coefficient (Wildman–Crippen LogP) is 3.30. The number of carbonyl (C=O) groups is 1. The maximum absolute atomic E-state index is 13.7. The summed E-state index contributed by atoms with van der Waals surface area (Å²) in [5.74, 6) is 0.329. The topological polar surface area (TPSA) is 76.1 Å². The highest BCUT2D eigenvalue weighted by Crippen LogP contribution is 2.18. The van der Waals surface area contributed by atoms with Gasteiger partial charge in [0.05, 0.1) is 12.8 Å². The lowest BCUT2D eigenvalue weighted by Gasteiger charge is -2.08. The molecule has 0 saturated heterocycles. The fraction of sp³-hybridized carbons (Fsp3) is 0.105. The first kappa shape index (κ1) is 17.3. The standard InChI is InChI=1S/C19H17FN4O2/c1-26-14-8-6-13(7-9-14)11-21-19(25)17-10-18(23-12-22-17)24-16-5-3-2-4-15(16)20/h2-10,12H,11H2,1H3,(H,21,25)(H,22,23,24). The van der Waals surface area contributed by atoms with Crippen LogP contribution >= 0.6 is 0 Å². The number of nitrogens with one attached hydrogen (secondary N) is 2. The van der Waals surface area contributed by atoms with Crippen molar-refractivity contribution in [2.24, 2.45) is 0 Å². The van der Waals surface area contributed by atoms with Gasteiger partial charge in [0.1, 0.15) is 29.4 Å². The summed E-state index contributed by atoms with van der Waals surface area (Å²) in [7, 11) is 1.60. The summed E-state index contributed by atoms with van der Waals surface area (Å²) in [5, 5.41) is 5.62. The summed E-state index contributed by atoms with van der Waals surface area (Å²) in [4.78, 5) is 20.3. The van der Waals surface area contributed by atoms with Crippen LogP contribution in [0.3, 0.4) is 0 Å². The van der Waals surface area contributed by atoms with Crippen LogP contribution in [0.1, 0.15) is 16.1 Å². The van der Waals surface area contributed by atoms with Gasteiger partial charge in [0, 0.05) is 12.6 Å². The zero-order chi connectivity index (χ0) is 18.4. The molecule has 0 bridgehead atoms. The van der Waals surface area contributed by atoms with Gasteiger partial charge >= 0.3 is 0 Å². The lowest BCUT2D eigenvalue weighted by molar-refractivity contribution is 0.0946. The smallest absolute Gasteiger partial charge is 0.270 e. The van der Waals surface area contributed by atoms with Crippen LogP contribution in [-0.4, -0.2) is 23.0 Å². The van der Waals surface area contributed by atoms with Crippen LogP contribution in [0.15, 0.2) is 60.9 Å². The lowest BCUT2D eigenvalue weighted by atomic mass is 10.2. The highest BCUT2D eigenvalue weighted by Gasteiger charge is 2.10. The van der Waals surface area contributed by atoms with Crippen LogP contribution in [0.5, 0.6) is 5.75 Å². The minimum absolute atomic E-state index is 0.187. The predicted molar refractivity (Wildman–Crippen MR) is 95.9 cm³/mol. The molecule has 2 N–H and O–H groups in total. The zero-order valence-electron chi connectivity index (χ0n) is 14.1. The van der Waals surface area contributed by atoms with Crippen molar-refractivity contribution in [3.63, 3.8) is 0 Å². The fourth-order valence-electron chi connectivity index (χ4n) is 2.27. The molecule has 0 aliphatic rings. The monoisotopic (exact) mass is 352 g/mol. The first-order valence-corrected chi connectivity index (χ1v) is 7.90. The Morgan fingerprint density at radius 3 is 2.62 bits per heavy atom. The number of aromatic nitrogens is 2. The van der Waals surface area contributed by atoms with Crippen LogP contribution in [0.4, 0.5) is 15.9 Å². The molecule has 0 aliphatic carbocycles. The van der Waals surface area contributed by atoms with Crippen molar-refractivity contribution in [3.8, 4) is 5.75 Å². The average Bonchev–Trinajstić information content (AvgIpc) is 2.68. The van der Waals surface area contributed by atoms with E-state index in [1.807, 2.05) is 24.3 Å². The Morgan fingerprint density at radius 1 is 1.12 bits per heavy atom. The van der Waals surface area contributed by atoms with Gasteiger partial charge in [-0.1, -0.05) is 24.3 Å². The van der Waals surface area contributed by atoms with Crippen molar-refractivity contribution >= 4 is 17.4 Å². The number of methoxy groups -OCH3 is 1. The van der Waals surface area contributed by atoms with E-state index in [4.69, 9.17) is 4.74 Å². The number of anilines is 2. The third-order valence-electron chi connectivity index (χ3n) is 3.65. The summed E-state index contributed by atoms with van der Waals surface area (Å²) in [6, 6.07) is 15.1. The van der Waals surface area contributed by atoms with E-state index in [0.29, 0.717) is 12.4 Å². The molecule has 7 heteroatoms. The van der Waals surface area contributed by atoms with Crippen LogP contribution in [0.25, 0.3) is 0 Å². The van der Waals surface area contributed by atoms with E-state index in [2.05, 4.69) is 20.6 Å². The van der Waals surface area contributed by atoms with Crippen molar-refractivity contribution in [1.82, 2.24) is 15.3 Å². The fourth-order valence-corrected chi connectivity index (χ4v) is 2.27. The van der Waals surface area contributed by atoms with Gasteiger partial charge in [-0.2, -0.15) is 0 Å². The van der Waals surface area contributed by atoms with E-state index in [9.17, 15) is 9.18 Å². The average molecular weight is 352 g/mol. The summed E-state index contributed by atoms with van der Waals surface area (Å²) in [6.45, 7) is 0.350. The molecule has 3 aromatic rings. The van der Waals surface area contributed by atoms with E-state index >= 15 is 0 Å². The van der Waals surface area contributed by atoms with Gasteiger partial charge in [-0.15, -0.1) is 0 Å². The Hall–Kier alpha value is -3.48. The second kappa shape index (κ2) is 8.06. The van der Waals surface area contributed by atoms with Gasteiger partial charge in [-0.3, -0.25) is 4.79 Å². The molecule has 1 amide bonds. The van der Waals surface area contributed by atoms with Crippen molar-refractivity contribution in [2.75, 3.05) is 12.4 Å². The quantitative estimate of drug-likeness (QED) is 0.712. The molecule has 3 rings (SSSR count). The minimum Gasteiger partial charge on any atom is -0.497 e. The number of ether oxygens (including phenoxy) is 1. The van der Waals surface area contributed by atoms with Gasteiger partial charge < -0.3 is 15.4 Å². The summed E-state index contributed by atoms with van der Waals surface area (Å²) < 4.78 is 18.8. The van der Waals surface area contributed by atoms with Crippen molar-refractivity contribution in [1.29, 1.82) is 0 Å². The number of rotatable bonds is 6. The number of para-hydroxylation sites is 1. The molecule has 26 heavy (non-hydrogen) atoms. The molecular weight excluding hydrogens is 335 g/mol. The second-order valence-corrected chi connectivity index (χ2v) is 5.42. The van der Waals surface area contributed by atoms with Crippen molar-refractivity contribution in [3.05, 3.63) is 78.0 Å². The number of hydrogen-bond acceptors (Lipinski definition) is 5. The lowest BCUT2D eigenvalue weighted by Crippen LogP contribution is -2.24. The zero-order valence-corrected chi connectivity index (χ0v) is 14.1. The van der Waals surface area contributed by atoms with Gasteiger partial charge in [0.25, 0.3) is 5.91 Å². The van der Waals surface area contributed by atoms with E-state index < -0.39 is 5.82 Å². The molecule has 0 aliphatic heterocycles. The van der Waals surface area contributed by atoms with E-state index in [1.54, 1.807) is 25.3 Å². The van der Waals surface area contributed by atoms with Crippen LogP contribution in [0, 0.1) is 5.82 Å². The van der Waals surface area contributed by atoms with Crippen molar-refractivity contribution in [2.45, 2.75) is 6.54 Å². The molecule has 0 atom stereocenters. The minimum atomic E-state index is -0.406. The van der Waals surface area contributed by atoms with Gasteiger partial charge in [-0.25, -0.2) is 14.4 Å². The molecule has 0 spiro atoms. The molecule has 0 unspecified atom stereocenters. The van der Waals surface area contributed by atoms with E-state index in [-0.39, 0.29) is 17.3 Å². The number of amides is 1. The molecule has 132 valence electrons. The first-order valence-electron chi connectivity index (χ1n) is 7.90. The Kier molecular flexibility index (Phi) is 5.38. The number of carbonyl (C=O) groups excluding carboxylic acids is 1. The third-order valence-corrected chi connectivity index (χ3v) is 3.65. The molecule has 0 saturated carbocycles. The number of nitrogens with zero attached hydrogens (tertiary/aromatic N) is 2. The Bertz CT molecular complexity index is 900. The molecule has 0 radical (unpaired) electrons. The maximum atomic E-state index is 13.7. The van der Waals surface area contributed by atoms with E-state index in [0.717, 1.165) is 11.3 Å². The van der Waals surface area contributed by atoms with Crippen LogP contribution in [0.2, 0.25) is 0 Å². The van der Waals surface area contributed by atoms with Crippen LogP contribution in [-0.2, 0) is 6.54 Å². The summed E-state index contributed by atoms with van der Waals surface area (Å²) in [5.41, 5.74) is 1.39. The van der Waals surface area contributed by atoms with Gasteiger partial charge in [0.2, 0.25) is 0 Å². The summed E-state index contributed by atoms with van der Waals surface area (Å²) in [6.07, 6.45) is 1.26. The Labute approximate surface area is 150 Å². The Morgan fingerprint density at radius 2 is 1.88 bits per heavy atom. The second-order valence-electron chi connectivity index (χ2n) is 5.42. The Balaban J connectivity index is 1.65. The van der Waals surface area contributed by atoms with E-state index in [1.165, 1.54) is 18.5 Å². The van der Waals surface area contributed by atoms with Crippen molar-refractivity contribution < 1.29 is 13.9 Å². The van der Waals surface area contributed by atoms with Gasteiger partial charge in [0.15, 0.2) is 0 Å². The number of hydrogen-bond donors (Lipinski definition) is 2. The molecule has 1 heterocycles. The SMILES string of the molecule is COc1ccc(CNC(=O)c2cc(Nc3ccccc3F)ncn2)cc1. The highest BCUT2D eigenvalue weighted by molar-refractivity contribution is 5.92. The molecule has 0 fully saturated rings. The normalized spacial score (nSPS) is 10.2. The van der Waals surface area contributed by atoms with Gasteiger partial charge in [-0.05, 0) is 29.8 Å². The first-order chi connectivity index (χ1) is 12.7. The van der Waals surface area contributed by atoms with Crippen LogP contribution < -0.4 is 15.4 Å². The number of benzene rings is 2. The number of halogens is 1. The molecular formula is C19H17FN4O2. The molecule has 2 aromatic carbocycles. The molecule has 1 aromatic heterocycles. The third kappa shape index (κ3) is 4.32. The summed E-state index contributed by atoms with van der Waals surface area (Å²) >= 11 is 0. The highest BCUT2D eigenvalue weighted by atomic mass is 19.1. The maximum Gasteiger partial charge on any atom is 0.270 e. The largest absolute Gasteiger partial charge is 0.497 e. The molecule has 6 nitrogen and oxygen atoms in total.